The van der Waals surface area contributed by atoms with E-state index in [0.29, 0.717) is 13.0 Å². The van der Waals surface area contributed by atoms with Gasteiger partial charge in [-0.25, -0.2) is 13.1 Å². The van der Waals surface area contributed by atoms with Crippen LogP contribution >= 0.6 is 11.3 Å². The van der Waals surface area contributed by atoms with Crippen molar-refractivity contribution < 1.29 is 17.9 Å². The van der Waals surface area contributed by atoms with Gasteiger partial charge in [-0.1, -0.05) is 23.5 Å². The normalized spacial score (nSPS) is 11.3. The van der Waals surface area contributed by atoms with E-state index in [9.17, 15) is 13.2 Å². The first-order valence-corrected chi connectivity index (χ1v) is 9.94. The maximum Gasteiger partial charge on any atom is 0.269 e. The highest BCUT2D eigenvalue weighted by Gasteiger charge is 2.19. The van der Waals surface area contributed by atoms with Crippen LogP contribution in [0.3, 0.4) is 0 Å². The van der Waals surface area contributed by atoms with E-state index >= 15 is 0 Å². The lowest BCUT2D eigenvalue weighted by Crippen LogP contribution is -2.24. The predicted molar refractivity (Wildman–Crippen MR) is 95.3 cm³/mol. The van der Waals surface area contributed by atoms with Crippen molar-refractivity contribution in [3.63, 3.8) is 0 Å². The largest absolute Gasteiger partial charge is 0.497 e. The van der Waals surface area contributed by atoms with Gasteiger partial charge in [-0.2, -0.15) is 0 Å². The van der Waals surface area contributed by atoms with Crippen LogP contribution in [0.4, 0.5) is 5.13 Å². The summed E-state index contributed by atoms with van der Waals surface area (Å²) in [6.45, 7) is 1.63. The molecule has 0 aliphatic heterocycles. The number of sulfonamides is 1. The van der Waals surface area contributed by atoms with Gasteiger partial charge in [0.2, 0.25) is 15.4 Å². The summed E-state index contributed by atoms with van der Waals surface area (Å²) in [6, 6.07) is 7.79. The van der Waals surface area contributed by atoms with Crippen LogP contribution in [0.1, 0.15) is 25.3 Å². The van der Waals surface area contributed by atoms with Crippen LogP contribution in [-0.4, -0.2) is 38.2 Å². The molecule has 136 valence electrons. The molecule has 8 nitrogen and oxygen atoms in total. The van der Waals surface area contributed by atoms with Gasteiger partial charge in [-0.3, -0.25) is 4.79 Å². The average molecular weight is 384 g/mol. The third-order valence-electron chi connectivity index (χ3n) is 3.26. The highest BCUT2D eigenvalue weighted by Crippen LogP contribution is 2.19. The number of hydrogen-bond donors (Lipinski definition) is 2. The number of methoxy groups -OCH3 is 1. The van der Waals surface area contributed by atoms with Crippen LogP contribution in [0.2, 0.25) is 0 Å². The number of benzene rings is 1. The molecule has 0 aliphatic rings. The summed E-state index contributed by atoms with van der Waals surface area (Å²) in [7, 11) is -2.08. The number of amides is 1. The standard InChI is InChI=1S/C15H20N4O4S2/c1-11(20)17-14-18-19-15(24-14)25(21,22)16-10-4-3-5-12-6-8-13(23-2)9-7-12/h6-9,16H,3-5,10H2,1-2H3,(H,17,18,20). The van der Waals surface area contributed by atoms with E-state index in [1.54, 1.807) is 7.11 Å². The molecule has 0 atom stereocenters. The number of nitrogens with zero attached hydrogens (tertiary/aromatic N) is 2. The topological polar surface area (TPSA) is 110 Å². The zero-order chi connectivity index (χ0) is 18.3. The molecule has 0 saturated heterocycles. The second kappa shape index (κ2) is 8.88. The smallest absolute Gasteiger partial charge is 0.269 e. The molecule has 2 N–H and O–H groups in total. The molecule has 25 heavy (non-hydrogen) atoms. The van der Waals surface area contributed by atoms with Crippen LogP contribution in [0.5, 0.6) is 5.75 Å². The van der Waals surface area contributed by atoms with Crippen molar-refractivity contribution in [1.29, 1.82) is 0 Å². The van der Waals surface area contributed by atoms with Gasteiger partial charge < -0.3 is 10.1 Å². The van der Waals surface area contributed by atoms with Gasteiger partial charge in [0.25, 0.3) is 10.0 Å². The number of unbranched alkanes of at least 4 members (excludes halogenated alkanes) is 1. The lowest BCUT2D eigenvalue weighted by molar-refractivity contribution is -0.114. The Morgan fingerprint density at radius 2 is 1.92 bits per heavy atom. The van der Waals surface area contributed by atoms with Crippen LogP contribution < -0.4 is 14.8 Å². The highest BCUT2D eigenvalue weighted by molar-refractivity contribution is 7.91. The SMILES string of the molecule is COc1ccc(CCCCNS(=O)(=O)c2nnc(NC(C)=O)s2)cc1. The van der Waals surface area contributed by atoms with Gasteiger partial charge in [0.1, 0.15) is 5.75 Å². The fourth-order valence-electron chi connectivity index (χ4n) is 2.03. The molecular weight excluding hydrogens is 364 g/mol. The van der Waals surface area contributed by atoms with Gasteiger partial charge in [0, 0.05) is 13.5 Å². The molecular formula is C15H20N4O4S2. The number of aryl methyl sites for hydroxylation is 1. The fraction of sp³-hybridized carbons (Fsp3) is 0.400. The van der Waals surface area contributed by atoms with Crippen LogP contribution in [-0.2, 0) is 21.2 Å². The lowest BCUT2D eigenvalue weighted by atomic mass is 10.1. The molecule has 1 heterocycles. The number of carbonyl (C=O) groups is 1. The van der Waals surface area contributed by atoms with E-state index in [1.165, 1.54) is 12.5 Å². The second-order valence-electron chi connectivity index (χ2n) is 5.26. The summed E-state index contributed by atoms with van der Waals surface area (Å²) in [5.74, 6) is 0.485. The second-order valence-corrected chi connectivity index (χ2v) is 8.18. The van der Waals surface area contributed by atoms with E-state index < -0.39 is 10.0 Å². The van der Waals surface area contributed by atoms with Crippen molar-refractivity contribution >= 4 is 32.4 Å². The van der Waals surface area contributed by atoms with Gasteiger partial charge in [0.15, 0.2) is 0 Å². The number of carbonyl (C=O) groups excluding carboxylic acids is 1. The molecule has 0 spiro atoms. The summed E-state index contributed by atoms with van der Waals surface area (Å²) in [5, 5.41) is 9.79. The van der Waals surface area contributed by atoms with E-state index in [1.807, 2.05) is 24.3 Å². The number of hydrogen-bond acceptors (Lipinski definition) is 7. The monoisotopic (exact) mass is 384 g/mol. The Morgan fingerprint density at radius 1 is 1.20 bits per heavy atom. The minimum atomic E-state index is -3.70. The quantitative estimate of drug-likeness (QED) is 0.504. The van der Waals surface area contributed by atoms with Gasteiger partial charge >= 0.3 is 0 Å². The van der Waals surface area contributed by atoms with Crippen molar-refractivity contribution in [2.45, 2.75) is 30.5 Å². The zero-order valence-electron chi connectivity index (χ0n) is 14.0. The Bertz CT molecular complexity index is 803. The summed E-state index contributed by atoms with van der Waals surface area (Å²) in [6.07, 6.45) is 2.40. The number of anilines is 1. The van der Waals surface area contributed by atoms with Crippen molar-refractivity contribution in [3.05, 3.63) is 29.8 Å². The molecule has 0 radical (unpaired) electrons. The van der Waals surface area contributed by atoms with E-state index in [2.05, 4.69) is 20.2 Å². The van der Waals surface area contributed by atoms with Crippen molar-refractivity contribution in [2.75, 3.05) is 19.0 Å². The third kappa shape index (κ3) is 6.07. The van der Waals surface area contributed by atoms with Crippen LogP contribution in [0, 0.1) is 0 Å². The summed E-state index contributed by atoms with van der Waals surface area (Å²) < 4.78 is 31.6. The number of ether oxygens (including phenoxy) is 1. The Balaban J connectivity index is 1.76. The van der Waals surface area contributed by atoms with Crippen molar-refractivity contribution in [2.24, 2.45) is 0 Å². The minimum absolute atomic E-state index is 0.160. The molecule has 10 heteroatoms. The molecule has 0 fully saturated rings. The summed E-state index contributed by atoms with van der Waals surface area (Å²) in [5.41, 5.74) is 1.17. The Morgan fingerprint density at radius 3 is 2.56 bits per heavy atom. The average Bonchev–Trinajstić information content (AvgIpc) is 3.03. The third-order valence-corrected chi connectivity index (χ3v) is 5.93. The van der Waals surface area contributed by atoms with Crippen molar-refractivity contribution in [3.8, 4) is 5.75 Å². The Hall–Kier alpha value is -2.04. The van der Waals surface area contributed by atoms with E-state index in [-0.39, 0.29) is 15.4 Å². The minimum Gasteiger partial charge on any atom is -0.497 e. The molecule has 0 bridgehead atoms. The first-order chi connectivity index (χ1) is 11.9. The van der Waals surface area contributed by atoms with E-state index in [4.69, 9.17) is 4.74 Å². The zero-order valence-corrected chi connectivity index (χ0v) is 15.6. The lowest BCUT2D eigenvalue weighted by Gasteiger charge is -2.05. The Labute approximate surface area is 150 Å². The maximum absolute atomic E-state index is 12.1. The van der Waals surface area contributed by atoms with Crippen LogP contribution in [0.25, 0.3) is 0 Å². The first-order valence-electron chi connectivity index (χ1n) is 7.64. The molecule has 2 aromatic rings. The maximum atomic E-state index is 12.1. The molecule has 1 aromatic heterocycles. The van der Waals surface area contributed by atoms with Gasteiger partial charge in [-0.15, -0.1) is 10.2 Å². The number of aromatic nitrogens is 2. The molecule has 1 amide bonds. The number of rotatable bonds is 9. The van der Waals surface area contributed by atoms with E-state index in [0.717, 1.165) is 29.9 Å². The summed E-state index contributed by atoms with van der Waals surface area (Å²) in [4.78, 5) is 10.9. The first kappa shape index (κ1) is 19.3. The number of nitrogens with one attached hydrogen (secondary N) is 2. The fourth-order valence-corrected chi connectivity index (χ4v) is 4.09. The van der Waals surface area contributed by atoms with Crippen molar-refractivity contribution in [1.82, 2.24) is 14.9 Å². The molecule has 0 unspecified atom stereocenters. The molecule has 0 saturated carbocycles. The Kier molecular flexibility index (Phi) is 6.85. The highest BCUT2D eigenvalue weighted by atomic mass is 32.2. The molecule has 0 aliphatic carbocycles. The summed E-state index contributed by atoms with van der Waals surface area (Å²) >= 11 is 0.816. The van der Waals surface area contributed by atoms with Gasteiger partial charge in [-0.05, 0) is 37.0 Å². The predicted octanol–water partition coefficient (Wildman–Crippen LogP) is 1.81. The van der Waals surface area contributed by atoms with Crippen LogP contribution in [0.15, 0.2) is 28.6 Å². The van der Waals surface area contributed by atoms with Gasteiger partial charge in [0.05, 0.1) is 7.11 Å². The molecule has 1 aromatic carbocycles. The molecule has 2 rings (SSSR count).